The molecule has 0 bridgehead atoms. The van der Waals surface area contributed by atoms with Gasteiger partial charge in [0.15, 0.2) is 10.8 Å². The number of hydrogen-bond acceptors (Lipinski definition) is 6. The molecule has 1 N–H and O–H groups in total. The zero-order chi connectivity index (χ0) is 22.0. The maximum atomic E-state index is 4.87. The average Bonchev–Trinajstić information content (AvgIpc) is 3.25. The van der Waals surface area contributed by atoms with E-state index in [2.05, 4.69) is 79.3 Å². The fourth-order valence-corrected chi connectivity index (χ4v) is 6.14. The Morgan fingerprint density at radius 3 is 2.58 bits per heavy atom. The topological polar surface area (TPSA) is 58.9 Å². The Hall–Kier alpha value is -2.51. The third-order valence-corrected chi connectivity index (χ3v) is 7.29. The smallest absolute Gasteiger partial charge is 0.188 e. The molecule has 5 rings (SSSR count). The summed E-state index contributed by atoms with van der Waals surface area (Å²) in [4.78, 5) is 11.9. The quantitative estimate of drug-likeness (QED) is 0.492. The first-order valence-electron chi connectivity index (χ1n) is 10.8. The molecule has 0 spiro atoms. The van der Waals surface area contributed by atoms with Crippen molar-refractivity contribution in [3.8, 4) is 11.1 Å². The summed E-state index contributed by atoms with van der Waals surface area (Å²) in [7, 11) is 4.13. The Kier molecular flexibility index (Phi) is 4.61. The highest BCUT2D eigenvalue weighted by molar-refractivity contribution is 7.22. The number of benzene rings is 1. The van der Waals surface area contributed by atoms with Crippen molar-refractivity contribution in [3.63, 3.8) is 0 Å². The zero-order valence-electron chi connectivity index (χ0n) is 19.1. The number of aromatic nitrogens is 4. The van der Waals surface area contributed by atoms with E-state index in [9.17, 15) is 0 Å². The molecule has 3 aromatic heterocycles. The van der Waals surface area contributed by atoms with Gasteiger partial charge in [0.05, 0.1) is 10.2 Å². The van der Waals surface area contributed by atoms with Gasteiger partial charge in [0.1, 0.15) is 0 Å². The Morgan fingerprint density at radius 1 is 1.10 bits per heavy atom. The number of nitrogens with one attached hydrogen (secondary N) is 1. The molecule has 4 aromatic rings. The van der Waals surface area contributed by atoms with E-state index in [1.54, 1.807) is 11.3 Å². The van der Waals surface area contributed by atoms with E-state index < -0.39 is 0 Å². The first-order valence-corrected chi connectivity index (χ1v) is 11.6. The number of thiazole rings is 1. The molecule has 1 aliphatic rings. The van der Waals surface area contributed by atoms with E-state index >= 15 is 0 Å². The maximum Gasteiger partial charge on any atom is 0.188 e. The average molecular weight is 435 g/mol. The summed E-state index contributed by atoms with van der Waals surface area (Å²) in [6.45, 7) is 9.17. The minimum Gasteiger partial charge on any atom is -0.348 e. The van der Waals surface area contributed by atoms with Crippen LogP contribution in [0.3, 0.4) is 0 Å². The van der Waals surface area contributed by atoms with Gasteiger partial charge in [-0.05, 0) is 64.3 Å². The second-order valence-corrected chi connectivity index (χ2v) is 11.2. The van der Waals surface area contributed by atoms with Gasteiger partial charge in [0.2, 0.25) is 0 Å². The highest BCUT2D eigenvalue weighted by atomic mass is 32.1. The van der Waals surface area contributed by atoms with Crippen LogP contribution < -0.4 is 10.2 Å². The molecular weight excluding hydrogens is 404 g/mol. The van der Waals surface area contributed by atoms with Gasteiger partial charge in [-0.3, -0.25) is 4.68 Å². The number of pyridine rings is 1. The number of rotatable bonds is 3. The summed E-state index contributed by atoms with van der Waals surface area (Å²) < 4.78 is 2.97. The molecule has 0 amide bonds. The fourth-order valence-electron chi connectivity index (χ4n) is 5.14. The lowest BCUT2D eigenvalue weighted by atomic mass is 9.79. The normalized spacial score (nSPS) is 18.6. The second-order valence-electron chi connectivity index (χ2n) is 10.2. The predicted octanol–water partition coefficient (Wildman–Crippen LogP) is 4.99. The van der Waals surface area contributed by atoms with Gasteiger partial charge in [-0.1, -0.05) is 17.4 Å². The van der Waals surface area contributed by atoms with Gasteiger partial charge in [-0.2, -0.15) is 10.1 Å². The summed E-state index contributed by atoms with van der Waals surface area (Å²) in [5, 5.41) is 10.4. The van der Waals surface area contributed by atoms with Crippen LogP contribution in [-0.4, -0.2) is 43.9 Å². The van der Waals surface area contributed by atoms with Gasteiger partial charge in [-0.15, -0.1) is 0 Å². The van der Waals surface area contributed by atoms with Gasteiger partial charge in [0, 0.05) is 54.6 Å². The molecule has 31 heavy (non-hydrogen) atoms. The standard InChI is InChI=1S/C24H30N6S/c1-23(2)11-18(12-24(3,4)28-23)30(6)22-26-21-20(31-22)10-16(13-25-21)15-7-8-19-17(9-15)14-29(5)27-19/h7-10,13-14,18,28H,11-12H2,1-6H3. The Labute approximate surface area is 187 Å². The summed E-state index contributed by atoms with van der Waals surface area (Å²) >= 11 is 1.73. The first kappa shape index (κ1) is 20.4. The van der Waals surface area contributed by atoms with E-state index in [-0.39, 0.29) is 11.1 Å². The van der Waals surface area contributed by atoms with Crippen molar-refractivity contribution in [2.24, 2.45) is 7.05 Å². The summed E-state index contributed by atoms with van der Waals surface area (Å²) in [5.74, 6) is 0. The maximum absolute atomic E-state index is 4.87. The number of nitrogens with zero attached hydrogens (tertiary/aromatic N) is 5. The molecule has 1 saturated heterocycles. The summed E-state index contributed by atoms with van der Waals surface area (Å²) in [6, 6.07) is 9.02. The predicted molar refractivity (Wildman–Crippen MR) is 130 cm³/mol. The van der Waals surface area contributed by atoms with Crippen LogP contribution in [0.2, 0.25) is 0 Å². The molecule has 0 radical (unpaired) electrons. The van der Waals surface area contributed by atoms with E-state index in [1.807, 2.05) is 24.1 Å². The molecule has 1 aliphatic heterocycles. The summed E-state index contributed by atoms with van der Waals surface area (Å²) in [5.41, 5.74) is 4.31. The van der Waals surface area contributed by atoms with Crippen molar-refractivity contribution in [2.45, 2.75) is 57.7 Å². The molecule has 4 heterocycles. The lowest BCUT2D eigenvalue weighted by Gasteiger charge is -2.48. The molecular formula is C24H30N6S. The lowest BCUT2D eigenvalue weighted by Crippen LogP contribution is -2.61. The van der Waals surface area contributed by atoms with E-state index in [1.165, 1.54) is 0 Å². The molecule has 0 atom stereocenters. The molecule has 7 heteroatoms. The van der Waals surface area contributed by atoms with Crippen LogP contribution in [0.5, 0.6) is 0 Å². The second kappa shape index (κ2) is 7.00. The number of aryl methyl sites for hydroxylation is 1. The monoisotopic (exact) mass is 434 g/mol. The zero-order valence-corrected chi connectivity index (χ0v) is 19.9. The van der Waals surface area contributed by atoms with Crippen LogP contribution in [0.15, 0.2) is 36.7 Å². The van der Waals surface area contributed by atoms with Crippen LogP contribution >= 0.6 is 11.3 Å². The highest BCUT2D eigenvalue weighted by Crippen LogP contribution is 2.36. The van der Waals surface area contributed by atoms with Crippen molar-refractivity contribution in [3.05, 3.63) is 36.7 Å². The van der Waals surface area contributed by atoms with Gasteiger partial charge in [-0.25, -0.2) is 4.98 Å². The van der Waals surface area contributed by atoms with Crippen LogP contribution in [0.4, 0.5) is 5.13 Å². The summed E-state index contributed by atoms with van der Waals surface area (Å²) in [6.07, 6.45) is 6.16. The van der Waals surface area contributed by atoms with Gasteiger partial charge >= 0.3 is 0 Å². The fraction of sp³-hybridized carbons (Fsp3) is 0.458. The van der Waals surface area contributed by atoms with Crippen molar-refractivity contribution >= 4 is 37.7 Å². The van der Waals surface area contributed by atoms with E-state index in [0.29, 0.717) is 6.04 Å². The molecule has 0 aliphatic carbocycles. The number of fused-ring (bicyclic) bond motifs is 2. The molecule has 1 aromatic carbocycles. The molecule has 0 saturated carbocycles. The Bertz CT molecular complexity index is 1250. The van der Waals surface area contributed by atoms with Gasteiger partial charge in [0.25, 0.3) is 0 Å². The number of anilines is 1. The third kappa shape index (κ3) is 3.92. The van der Waals surface area contributed by atoms with Crippen molar-refractivity contribution in [1.82, 2.24) is 25.1 Å². The van der Waals surface area contributed by atoms with Crippen LogP contribution in [0, 0.1) is 0 Å². The molecule has 1 fully saturated rings. The molecule has 0 unspecified atom stereocenters. The van der Waals surface area contributed by atoms with Crippen molar-refractivity contribution in [1.29, 1.82) is 0 Å². The van der Waals surface area contributed by atoms with Crippen LogP contribution in [0.25, 0.3) is 32.4 Å². The minimum absolute atomic E-state index is 0.105. The molecule has 6 nitrogen and oxygen atoms in total. The number of hydrogen-bond donors (Lipinski definition) is 1. The van der Waals surface area contributed by atoms with E-state index in [4.69, 9.17) is 4.98 Å². The Balaban J connectivity index is 1.46. The largest absolute Gasteiger partial charge is 0.348 e. The Morgan fingerprint density at radius 2 is 1.84 bits per heavy atom. The first-order chi connectivity index (χ1) is 14.6. The van der Waals surface area contributed by atoms with Crippen LogP contribution in [0.1, 0.15) is 40.5 Å². The van der Waals surface area contributed by atoms with Gasteiger partial charge < -0.3 is 10.2 Å². The SMILES string of the molecule is CN(c1nc2ncc(-c3ccc4nn(C)cc4c3)cc2s1)C1CC(C)(C)NC(C)(C)C1. The lowest BCUT2D eigenvalue weighted by molar-refractivity contribution is 0.161. The minimum atomic E-state index is 0.105. The van der Waals surface area contributed by atoms with E-state index in [0.717, 1.165) is 50.4 Å². The van der Waals surface area contributed by atoms with Crippen LogP contribution in [-0.2, 0) is 7.05 Å². The molecule has 162 valence electrons. The highest BCUT2D eigenvalue weighted by Gasteiger charge is 2.39. The third-order valence-electron chi connectivity index (χ3n) is 6.21. The number of piperidine rings is 1. The van der Waals surface area contributed by atoms with Crippen molar-refractivity contribution < 1.29 is 0 Å². The van der Waals surface area contributed by atoms with Crippen molar-refractivity contribution in [2.75, 3.05) is 11.9 Å².